The van der Waals surface area contributed by atoms with Crippen LogP contribution in [0.2, 0.25) is 0 Å². The van der Waals surface area contributed by atoms with Crippen LogP contribution in [0.3, 0.4) is 0 Å². The van der Waals surface area contributed by atoms with Crippen molar-refractivity contribution in [1.29, 1.82) is 0 Å². The van der Waals surface area contributed by atoms with E-state index in [4.69, 9.17) is 5.11 Å². The minimum atomic E-state index is -0.708. The predicted octanol–water partition coefficient (Wildman–Crippen LogP) is 3.37. The first-order chi connectivity index (χ1) is 8.89. The van der Waals surface area contributed by atoms with Gasteiger partial charge in [-0.05, 0) is 37.3 Å². The Morgan fingerprint density at radius 2 is 1.84 bits per heavy atom. The number of carbonyl (C=O) groups is 1. The number of benzene rings is 1. The minimum Gasteiger partial charge on any atom is -0.481 e. The number of aliphatic carboxylic acids is 1. The Morgan fingerprint density at radius 1 is 1.21 bits per heavy atom. The molecule has 0 saturated heterocycles. The van der Waals surface area contributed by atoms with Crippen molar-refractivity contribution in [2.24, 2.45) is 5.41 Å². The van der Waals surface area contributed by atoms with Crippen LogP contribution in [-0.2, 0) is 11.3 Å². The molecule has 106 valence electrons. The van der Waals surface area contributed by atoms with Crippen LogP contribution in [-0.4, -0.2) is 17.6 Å². The lowest BCUT2D eigenvalue weighted by atomic mass is 9.84. The second kappa shape index (κ2) is 7.29. The number of nitrogens with one attached hydrogen (secondary N) is 1. The van der Waals surface area contributed by atoms with E-state index in [9.17, 15) is 4.79 Å². The summed E-state index contributed by atoms with van der Waals surface area (Å²) >= 11 is 0. The average Bonchev–Trinajstić information content (AvgIpc) is 2.35. The second-order valence-corrected chi connectivity index (χ2v) is 5.97. The molecule has 19 heavy (non-hydrogen) atoms. The fourth-order valence-electron chi connectivity index (χ4n) is 1.94. The number of hydrogen-bond donors (Lipinski definition) is 2. The van der Waals surface area contributed by atoms with Gasteiger partial charge in [0.2, 0.25) is 0 Å². The Balaban J connectivity index is 2.22. The first-order valence-electron chi connectivity index (χ1n) is 6.87. The normalized spacial score (nSPS) is 11.5. The van der Waals surface area contributed by atoms with Crippen LogP contribution in [0, 0.1) is 12.3 Å². The van der Waals surface area contributed by atoms with E-state index in [0.717, 1.165) is 25.9 Å². The molecule has 0 atom stereocenters. The van der Waals surface area contributed by atoms with Crippen LogP contribution < -0.4 is 5.32 Å². The molecule has 0 fully saturated rings. The lowest BCUT2D eigenvalue weighted by Gasteiger charge is -2.23. The molecule has 0 aliphatic carbocycles. The molecule has 0 amide bonds. The zero-order valence-electron chi connectivity index (χ0n) is 12.2. The summed E-state index contributed by atoms with van der Waals surface area (Å²) in [5, 5.41) is 12.1. The molecular formula is C16H25NO2. The Morgan fingerprint density at radius 3 is 2.42 bits per heavy atom. The maximum absolute atomic E-state index is 10.6. The maximum atomic E-state index is 10.6. The van der Waals surface area contributed by atoms with Crippen LogP contribution in [0.15, 0.2) is 24.3 Å². The highest BCUT2D eigenvalue weighted by molar-refractivity contribution is 5.66. The van der Waals surface area contributed by atoms with Crippen LogP contribution in [0.25, 0.3) is 0 Å². The largest absolute Gasteiger partial charge is 0.481 e. The van der Waals surface area contributed by atoms with E-state index in [1.807, 2.05) is 0 Å². The van der Waals surface area contributed by atoms with Crippen molar-refractivity contribution in [3.8, 4) is 0 Å². The molecule has 2 N–H and O–H groups in total. The fraction of sp³-hybridized carbons (Fsp3) is 0.562. The molecule has 0 aliphatic rings. The van der Waals surface area contributed by atoms with Crippen molar-refractivity contribution >= 4 is 5.97 Å². The van der Waals surface area contributed by atoms with E-state index in [1.165, 1.54) is 11.1 Å². The van der Waals surface area contributed by atoms with Crippen molar-refractivity contribution in [2.45, 2.75) is 46.6 Å². The summed E-state index contributed by atoms with van der Waals surface area (Å²) < 4.78 is 0. The van der Waals surface area contributed by atoms with Gasteiger partial charge in [0, 0.05) is 13.0 Å². The van der Waals surface area contributed by atoms with Crippen molar-refractivity contribution in [3.63, 3.8) is 0 Å². The zero-order valence-corrected chi connectivity index (χ0v) is 12.2. The van der Waals surface area contributed by atoms with E-state index >= 15 is 0 Å². The molecular weight excluding hydrogens is 238 g/mol. The van der Waals surface area contributed by atoms with Gasteiger partial charge in [0.05, 0.1) is 0 Å². The van der Waals surface area contributed by atoms with Crippen molar-refractivity contribution in [2.75, 3.05) is 6.54 Å². The smallest absolute Gasteiger partial charge is 0.303 e. The standard InChI is InChI=1S/C16H25NO2/c1-13-4-6-14(7-5-13)12-17-11-10-16(2,3)9-8-15(18)19/h4-7,17H,8-12H2,1-3H3,(H,18,19). The zero-order chi connectivity index (χ0) is 14.3. The second-order valence-electron chi connectivity index (χ2n) is 5.97. The number of aryl methyl sites for hydroxylation is 1. The number of carboxylic acids is 1. The van der Waals surface area contributed by atoms with Gasteiger partial charge in [-0.3, -0.25) is 4.79 Å². The van der Waals surface area contributed by atoms with Crippen molar-refractivity contribution < 1.29 is 9.90 Å². The summed E-state index contributed by atoms with van der Waals surface area (Å²) in [5.74, 6) is -0.708. The van der Waals surface area contributed by atoms with Gasteiger partial charge in [0.15, 0.2) is 0 Å². The van der Waals surface area contributed by atoms with Crippen LogP contribution in [0.1, 0.15) is 44.2 Å². The molecule has 0 unspecified atom stereocenters. The third-order valence-corrected chi connectivity index (χ3v) is 3.44. The first kappa shape index (κ1) is 15.7. The molecule has 1 aromatic carbocycles. The van der Waals surface area contributed by atoms with Gasteiger partial charge in [-0.25, -0.2) is 0 Å². The summed E-state index contributed by atoms with van der Waals surface area (Å²) in [7, 11) is 0. The number of carboxylic acid groups (broad SMARTS) is 1. The summed E-state index contributed by atoms with van der Waals surface area (Å²) in [6.07, 6.45) is 1.98. The summed E-state index contributed by atoms with van der Waals surface area (Å²) in [6.45, 7) is 8.13. The Labute approximate surface area is 116 Å². The molecule has 0 spiro atoms. The van der Waals surface area contributed by atoms with Gasteiger partial charge in [-0.15, -0.1) is 0 Å². The average molecular weight is 263 g/mol. The molecule has 0 saturated carbocycles. The van der Waals surface area contributed by atoms with Crippen molar-refractivity contribution in [1.82, 2.24) is 5.32 Å². The molecule has 0 aliphatic heterocycles. The lowest BCUT2D eigenvalue weighted by molar-refractivity contribution is -0.137. The van der Waals surface area contributed by atoms with Crippen molar-refractivity contribution in [3.05, 3.63) is 35.4 Å². The summed E-state index contributed by atoms with van der Waals surface area (Å²) in [4.78, 5) is 10.6. The third kappa shape index (κ3) is 6.97. The quantitative estimate of drug-likeness (QED) is 0.707. The van der Waals surface area contributed by atoms with Crippen LogP contribution >= 0.6 is 0 Å². The topological polar surface area (TPSA) is 49.3 Å². The third-order valence-electron chi connectivity index (χ3n) is 3.44. The van der Waals surface area contributed by atoms with Crippen LogP contribution in [0.5, 0.6) is 0 Å². The number of hydrogen-bond acceptors (Lipinski definition) is 2. The van der Waals surface area contributed by atoms with E-state index in [0.29, 0.717) is 0 Å². The van der Waals surface area contributed by atoms with E-state index < -0.39 is 5.97 Å². The molecule has 1 rings (SSSR count). The minimum absolute atomic E-state index is 0.0820. The van der Waals surface area contributed by atoms with Gasteiger partial charge in [-0.1, -0.05) is 43.7 Å². The Bertz CT molecular complexity index is 396. The molecule has 0 heterocycles. The van der Waals surface area contributed by atoms with Gasteiger partial charge in [0.25, 0.3) is 0 Å². The fourth-order valence-corrected chi connectivity index (χ4v) is 1.94. The molecule has 0 aromatic heterocycles. The SMILES string of the molecule is Cc1ccc(CNCCC(C)(C)CCC(=O)O)cc1. The van der Waals surface area contributed by atoms with Gasteiger partial charge < -0.3 is 10.4 Å². The lowest BCUT2D eigenvalue weighted by Crippen LogP contribution is -2.22. The monoisotopic (exact) mass is 263 g/mol. The molecule has 1 aromatic rings. The van der Waals surface area contributed by atoms with E-state index in [1.54, 1.807) is 0 Å². The number of rotatable bonds is 8. The molecule has 3 nitrogen and oxygen atoms in total. The Hall–Kier alpha value is -1.35. The maximum Gasteiger partial charge on any atom is 0.303 e. The van der Waals surface area contributed by atoms with Gasteiger partial charge in [0.1, 0.15) is 0 Å². The van der Waals surface area contributed by atoms with Gasteiger partial charge >= 0.3 is 5.97 Å². The van der Waals surface area contributed by atoms with E-state index in [-0.39, 0.29) is 11.8 Å². The van der Waals surface area contributed by atoms with E-state index in [2.05, 4.69) is 50.4 Å². The van der Waals surface area contributed by atoms with Gasteiger partial charge in [-0.2, -0.15) is 0 Å². The highest BCUT2D eigenvalue weighted by Gasteiger charge is 2.18. The summed E-state index contributed by atoms with van der Waals surface area (Å²) in [6, 6.07) is 8.51. The summed E-state index contributed by atoms with van der Waals surface area (Å²) in [5.41, 5.74) is 2.64. The molecule has 3 heteroatoms. The molecule has 0 bridgehead atoms. The first-order valence-corrected chi connectivity index (χ1v) is 6.87. The molecule has 0 radical (unpaired) electrons. The Kier molecular flexibility index (Phi) is 6.03. The predicted molar refractivity (Wildman–Crippen MR) is 78.2 cm³/mol. The highest BCUT2D eigenvalue weighted by atomic mass is 16.4. The highest BCUT2D eigenvalue weighted by Crippen LogP contribution is 2.26. The van der Waals surface area contributed by atoms with Crippen LogP contribution in [0.4, 0.5) is 0 Å².